The molecule has 1 amide bonds. The van der Waals surface area contributed by atoms with E-state index in [0.717, 1.165) is 12.8 Å². The van der Waals surface area contributed by atoms with Crippen molar-refractivity contribution in [1.29, 1.82) is 0 Å². The largest absolute Gasteiger partial charge is 0.395 e. The second-order valence-electron chi connectivity index (χ2n) is 4.21. The Labute approximate surface area is 109 Å². The first-order chi connectivity index (χ1) is 8.08. The minimum absolute atomic E-state index is 0.0309. The Kier molecular flexibility index (Phi) is 9.59. The topological polar surface area (TPSA) is 61.4 Å². The third kappa shape index (κ3) is 6.91. The van der Waals surface area contributed by atoms with Crippen molar-refractivity contribution in [3.05, 3.63) is 0 Å². The Morgan fingerprint density at radius 1 is 1.35 bits per heavy atom. The van der Waals surface area contributed by atoms with Crippen molar-refractivity contribution >= 4 is 17.7 Å². The molecule has 2 unspecified atom stereocenters. The highest BCUT2D eigenvalue weighted by Gasteiger charge is 2.16. The zero-order valence-corrected chi connectivity index (χ0v) is 12.1. The quantitative estimate of drug-likeness (QED) is 0.580. The predicted octanol–water partition coefficient (Wildman–Crippen LogP) is 0.993. The third-order valence-corrected chi connectivity index (χ3v) is 4.14. The molecule has 3 N–H and O–H groups in total. The lowest BCUT2D eigenvalue weighted by atomic mass is 10.2. The van der Waals surface area contributed by atoms with Crippen molar-refractivity contribution in [2.24, 2.45) is 0 Å². The number of carbonyl (C=O) groups is 1. The number of amides is 1. The maximum absolute atomic E-state index is 11.6. The maximum atomic E-state index is 11.6. The van der Waals surface area contributed by atoms with Crippen molar-refractivity contribution < 1.29 is 9.90 Å². The van der Waals surface area contributed by atoms with E-state index in [9.17, 15) is 4.79 Å². The van der Waals surface area contributed by atoms with Gasteiger partial charge >= 0.3 is 0 Å². The van der Waals surface area contributed by atoms with E-state index in [-0.39, 0.29) is 29.8 Å². The van der Waals surface area contributed by atoms with Gasteiger partial charge in [0.25, 0.3) is 0 Å². The summed E-state index contributed by atoms with van der Waals surface area (Å²) >= 11 is 1.61. The molecule has 0 aliphatic carbocycles. The highest BCUT2D eigenvalue weighted by molar-refractivity contribution is 7.99. The van der Waals surface area contributed by atoms with Gasteiger partial charge < -0.3 is 15.7 Å². The van der Waals surface area contributed by atoms with Gasteiger partial charge in [-0.2, -0.15) is 11.8 Å². The van der Waals surface area contributed by atoms with Crippen LogP contribution in [0, 0.1) is 0 Å². The maximum Gasteiger partial charge on any atom is 0.234 e. The monoisotopic (exact) mass is 262 g/mol. The summed E-state index contributed by atoms with van der Waals surface area (Å²) in [4.78, 5) is 11.6. The van der Waals surface area contributed by atoms with Crippen LogP contribution in [0.4, 0.5) is 0 Å². The van der Waals surface area contributed by atoms with Gasteiger partial charge in [0.15, 0.2) is 0 Å². The number of rotatable bonds is 9. The van der Waals surface area contributed by atoms with E-state index in [2.05, 4.69) is 24.5 Å². The van der Waals surface area contributed by atoms with Crippen molar-refractivity contribution in [2.45, 2.75) is 50.9 Å². The van der Waals surface area contributed by atoms with Crippen molar-refractivity contribution in [3.63, 3.8) is 0 Å². The third-order valence-electron chi connectivity index (χ3n) is 2.98. The van der Waals surface area contributed by atoms with Gasteiger partial charge in [-0.25, -0.2) is 0 Å². The van der Waals surface area contributed by atoms with Crippen LogP contribution in [-0.4, -0.2) is 47.8 Å². The van der Waals surface area contributed by atoms with Gasteiger partial charge in [-0.05, 0) is 26.0 Å². The minimum atomic E-state index is 0.0309. The molecule has 0 rings (SSSR count). The van der Waals surface area contributed by atoms with Gasteiger partial charge in [-0.1, -0.05) is 13.8 Å². The Bertz CT molecular complexity index is 207. The number of aliphatic hydroxyl groups is 1. The highest BCUT2D eigenvalue weighted by Crippen LogP contribution is 2.09. The molecule has 0 aromatic heterocycles. The Hall–Kier alpha value is -0.260. The standard InChI is InChI=1S/C12H26N2O2S/c1-5-10(6-2)14-12(16)7-13-9(3)11(8-15)17-4/h9-11,13,15H,5-8H2,1-4H3,(H,14,16). The Morgan fingerprint density at radius 2 is 1.94 bits per heavy atom. The molecule has 0 saturated carbocycles. The fourth-order valence-electron chi connectivity index (χ4n) is 1.59. The molecular formula is C12H26N2O2S. The van der Waals surface area contributed by atoms with E-state index >= 15 is 0 Å². The summed E-state index contributed by atoms with van der Waals surface area (Å²) in [5.74, 6) is 0.0309. The van der Waals surface area contributed by atoms with Crippen LogP contribution in [0.2, 0.25) is 0 Å². The Morgan fingerprint density at radius 3 is 2.35 bits per heavy atom. The first-order valence-electron chi connectivity index (χ1n) is 6.25. The van der Waals surface area contributed by atoms with Crippen LogP contribution in [0.3, 0.4) is 0 Å². The van der Waals surface area contributed by atoms with E-state index < -0.39 is 0 Å². The SMILES string of the molecule is CCC(CC)NC(=O)CNC(C)C(CO)SC. The molecule has 0 fully saturated rings. The zero-order valence-electron chi connectivity index (χ0n) is 11.3. The molecule has 0 saturated heterocycles. The molecular weight excluding hydrogens is 236 g/mol. The number of aliphatic hydroxyl groups excluding tert-OH is 1. The number of thioether (sulfide) groups is 1. The molecule has 102 valence electrons. The summed E-state index contributed by atoms with van der Waals surface area (Å²) < 4.78 is 0. The molecule has 0 aliphatic rings. The molecule has 0 aromatic rings. The summed E-state index contributed by atoms with van der Waals surface area (Å²) in [6, 6.07) is 0.399. The zero-order chi connectivity index (χ0) is 13.3. The summed E-state index contributed by atoms with van der Waals surface area (Å²) in [7, 11) is 0. The van der Waals surface area contributed by atoms with Crippen LogP contribution in [-0.2, 0) is 4.79 Å². The van der Waals surface area contributed by atoms with Gasteiger partial charge in [-0.15, -0.1) is 0 Å². The average Bonchev–Trinajstić information content (AvgIpc) is 2.34. The smallest absolute Gasteiger partial charge is 0.234 e. The molecule has 0 spiro atoms. The molecule has 0 radical (unpaired) electrons. The fourth-order valence-corrected chi connectivity index (χ4v) is 2.25. The molecule has 5 heteroatoms. The first-order valence-corrected chi connectivity index (χ1v) is 7.54. The lowest BCUT2D eigenvalue weighted by Gasteiger charge is -2.22. The second-order valence-corrected chi connectivity index (χ2v) is 5.28. The number of hydrogen-bond acceptors (Lipinski definition) is 4. The summed E-state index contributed by atoms with van der Waals surface area (Å²) in [5.41, 5.74) is 0. The van der Waals surface area contributed by atoms with Crippen LogP contribution in [0.25, 0.3) is 0 Å². The van der Waals surface area contributed by atoms with E-state index in [1.54, 1.807) is 11.8 Å². The van der Waals surface area contributed by atoms with Gasteiger partial charge in [0, 0.05) is 17.3 Å². The van der Waals surface area contributed by atoms with Crippen LogP contribution < -0.4 is 10.6 Å². The number of hydrogen-bond donors (Lipinski definition) is 3. The van der Waals surface area contributed by atoms with Crippen LogP contribution in [0.15, 0.2) is 0 Å². The van der Waals surface area contributed by atoms with Crippen molar-refractivity contribution in [3.8, 4) is 0 Å². The van der Waals surface area contributed by atoms with E-state index in [0.29, 0.717) is 6.54 Å². The highest BCUT2D eigenvalue weighted by atomic mass is 32.2. The summed E-state index contributed by atoms with van der Waals surface area (Å²) in [6.07, 6.45) is 3.88. The van der Waals surface area contributed by atoms with Crippen LogP contribution >= 0.6 is 11.8 Å². The molecule has 0 heterocycles. The van der Waals surface area contributed by atoms with Crippen LogP contribution in [0.1, 0.15) is 33.6 Å². The van der Waals surface area contributed by atoms with Gasteiger partial charge in [0.1, 0.15) is 0 Å². The number of carbonyl (C=O) groups excluding carboxylic acids is 1. The average molecular weight is 262 g/mol. The fraction of sp³-hybridized carbons (Fsp3) is 0.917. The summed E-state index contributed by atoms with van der Waals surface area (Å²) in [6.45, 7) is 6.57. The minimum Gasteiger partial charge on any atom is -0.395 e. The van der Waals surface area contributed by atoms with Crippen LogP contribution in [0.5, 0.6) is 0 Å². The van der Waals surface area contributed by atoms with Gasteiger partial charge in [0.2, 0.25) is 5.91 Å². The lowest BCUT2D eigenvalue weighted by Crippen LogP contribution is -2.45. The van der Waals surface area contributed by atoms with Crippen molar-refractivity contribution in [1.82, 2.24) is 10.6 Å². The number of nitrogens with one attached hydrogen (secondary N) is 2. The first kappa shape index (κ1) is 16.7. The van der Waals surface area contributed by atoms with Crippen molar-refractivity contribution in [2.75, 3.05) is 19.4 Å². The molecule has 0 aromatic carbocycles. The molecule has 0 aliphatic heterocycles. The van der Waals surface area contributed by atoms with E-state index in [4.69, 9.17) is 5.11 Å². The predicted molar refractivity (Wildman–Crippen MR) is 74.4 cm³/mol. The second kappa shape index (κ2) is 9.74. The normalized spacial score (nSPS) is 14.7. The molecule has 2 atom stereocenters. The summed E-state index contributed by atoms with van der Waals surface area (Å²) in [5, 5.41) is 15.4. The lowest BCUT2D eigenvalue weighted by molar-refractivity contribution is -0.121. The Balaban J connectivity index is 3.90. The molecule has 0 bridgehead atoms. The van der Waals surface area contributed by atoms with E-state index in [1.165, 1.54) is 0 Å². The molecule has 4 nitrogen and oxygen atoms in total. The van der Waals surface area contributed by atoms with Gasteiger partial charge in [0.05, 0.1) is 13.2 Å². The van der Waals surface area contributed by atoms with E-state index in [1.807, 2.05) is 13.2 Å². The van der Waals surface area contributed by atoms with Gasteiger partial charge in [-0.3, -0.25) is 4.79 Å². The molecule has 17 heavy (non-hydrogen) atoms.